The van der Waals surface area contributed by atoms with Gasteiger partial charge in [-0.05, 0) is 38.6 Å². The first-order valence-electron chi connectivity index (χ1n) is 9.09. The summed E-state index contributed by atoms with van der Waals surface area (Å²) in [5, 5.41) is 3.77. The molecule has 0 aliphatic heterocycles. The standard InChI is InChI=1S/C18H37NO/c1-5-9-12-16(6-2)15-17(19-7-3)18(20-8-4)13-10-11-14-18/h16-17,19H,5-15H2,1-4H3. The zero-order valence-electron chi connectivity index (χ0n) is 14.3. The molecule has 0 amide bonds. The molecule has 1 N–H and O–H groups in total. The maximum atomic E-state index is 6.29. The van der Waals surface area contributed by atoms with Crippen molar-refractivity contribution in [3.8, 4) is 0 Å². The van der Waals surface area contributed by atoms with Gasteiger partial charge in [-0.25, -0.2) is 0 Å². The number of unbranched alkanes of at least 4 members (excludes halogenated alkanes) is 1. The molecular weight excluding hydrogens is 246 g/mol. The molecule has 2 atom stereocenters. The predicted octanol–water partition coefficient (Wildman–Crippen LogP) is 4.92. The maximum absolute atomic E-state index is 6.29. The van der Waals surface area contributed by atoms with Crippen molar-refractivity contribution in [2.24, 2.45) is 5.92 Å². The summed E-state index contributed by atoms with van der Waals surface area (Å²) in [6.45, 7) is 10.9. The molecule has 1 fully saturated rings. The average molecular weight is 284 g/mol. The summed E-state index contributed by atoms with van der Waals surface area (Å²) in [7, 11) is 0. The highest BCUT2D eigenvalue weighted by Gasteiger charge is 2.42. The predicted molar refractivity (Wildman–Crippen MR) is 88.2 cm³/mol. The van der Waals surface area contributed by atoms with Gasteiger partial charge in [0.25, 0.3) is 0 Å². The molecule has 1 rings (SSSR count). The van der Waals surface area contributed by atoms with Crippen molar-refractivity contribution in [1.29, 1.82) is 0 Å². The number of nitrogens with one attached hydrogen (secondary N) is 1. The van der Waals surface area contributed by atoms with Crippen molar-refractivity contribution in [2.75, 3.05) is 13.2 Å². The number of likely N-dealkylation sites (N-methyl/N-ethyl adjacent to an activating group) is 1. The van der Waals surface area contributed by atoms with E-state index in [1.165, 1.54) is 57.8 Å². The molecule has 1 saturated carbocycles. The van der Waals surface area contributed by atoms with E-state index in [4.69, 9.17) is 4.74 Å². The highest BCUT2D eigenvalue weighted by atomic mass is 16.5. The number of rotatable bonds is 11. The lowest BCUT2D eigenvalue weighted by Crippen LogP contribution is -2.51. The summed E-state index contributed by atoms with van der Waals surface area (Å²) >= 11 is 0. The quantitative estimate of drug-likeness (QED) is 0.581. The first kappa shape index (κ1) is 18.0. The molecule has 1 aliphatic rings. The Morgan fingerprint density at radius 1 is 1.10 bits per heavy atom. The molecule has 0 bridgehead atoms. The van der Waals surface area contributed by atoms with Gasteiger partial charge in [0.1, 0.15) is 0 Å². The fraction of sp³-hybridized carbons (Fsp3) is 1.00. The van der Waals surface area contributed by atoms with Gasteiger partial charge in [0.15, 0.2) is 0 Å². The monoisotopic (exact) mass is 283 g/mol. The zero-order valence-corrected chi connectivity index (χ0v) is 14.3. The summed E-state index contributed by atoms with van der Waals surface area (Å²) < 4.78 is 6.29. The van der Waals surface area contributed by atoms with Gasteiger partial charge in [0.2, 0.25) is 0 Å². The van der Waals surface area contributed by atoms with E-state index in [1.807, 2.05) is 0 Å². The Morgan fingerprint density at radius 2 is 1.80 bits per heavy atom. The second-order valence-corrected chi connectivity index (χ2v) is 6.47. The van der Waals surface area contributed by atoms with Gasteiger partial charge < -0.3 is 10.1 Å². The Balaban J connectivity index is 2.69. The van der Waals surface area contributed by atoms with E-state index < -0.39 is 0 Å². The number of hydrogen-bond donors (Lipinski definition) is 1. The van der Waals surface area contributed by atoms with Crippen LogP contribution in [0.1, 0.15) is 85.5 Å². The first-order valence-corrected chi connectivity index (χ1v) is 9.09. The highest BCUT2D eigenvalue weighted by Crippen LogP contribution is 2.39. The molecule has 0 saturated heterocycles. The second-order valence-electron chi connectivity index (χ2n) is 6.47. The molecule has 0 spiro atoms. The van der Waals surface area contributed by atoms with Crippen LogP contribution in [0.25, 0.3) is 0 Å². The van der Waals surface area contributed by atoms with E-state index in [9.17, 15) is 0 Å². The zero-order chi connectivity index (χ0) is 14.8. The third-order valence-corrected chi connectivity index (χ3v) is 5.08. The van der Waals surface area contributed by atoms with Gasteiger partial charge in [0, 0.05) is 12.6 Å². The van der Waals surface area contributed by atoms with Crippen LogP contribution < -0.4 is 5.32 Å². The van der Waals surface area contributed by atoms with Crippen LogP contribution in [0.2, 0.25) is 0 Å². The summed E-state index contributed by atoms with van der Waals surface area (Å²) in [4.78, 5) is 0. The van der Waals surface area contributed by atoms with Crippen LogP contribution in [0, 0.1) is 5.92 Å². The summed E-state index contributed by atoms with van der Waals surface area (Å²) in [5.41, 5.74) is 0.129. The van der Waals surface area contributed by atoms with Crippen LogP contribution in [0.15, 0.2) is 0 Å². The summed E-state index contributed by atoms with van der Waals surface area (Å²) in [6.07, 6.45) is 11.9. The summed E-state index contributed by atoms with van der Waals surface area (Å²) in [6, 6.07) is 0.553. The smallest absolute Gasteiger partial charge is 0.0834 e. The van der Waals surface area contributed by atoms with E-state index in [1.54, 1.807) is 0 Å². The van der Waals surface area contributed by atoms with Gasteiger partial charge in [-0.15, -0.1) is 0 Å². The normalized spacial score (nSPS) is 21.0. The SMILES string of the molecule is CCCCC(CC)CC(NCC)C1(OCC)CCCC1. The molecule has 0 aromatic rings. The van der Waals surface area contributed by atoms with Crippen LogP contribution in [-0.2, 0) is 4.74 Å². The second kappa shape index (κ2) is 9.78. The van der Waals surface area contributed by atoms with Gasteiger partial charge in [-0.2, -0.15) is 0 Å². The Bertz CT molecular complexity index is 236. The molecule has 0 heterocycles. The van der Waals surface area contributed by atoms with Crippen LogP contribution in [0.5, 0.6) is 0 Å². The van der Waals surface area contributed by atoms with E-state index in [0.717, 1.165) is 19.1 Å². The molecule has 2 nitrogen and oxygen atoms in total. The summed E-state index contributed by atoms with van der Waals surface area (Å²) in [5.74, 6) is 0.858. The van der Waals surface area contributed by atoms with Gasteiger partial charge >= 0.3 is 0 Å². The molecule has 0 aromatic heterocycles. The first-order chi connectivity index (χ1) is 9.72. The molecule has 20 heavy (non-hydrogen) atoms. The molecule has 0 radical (unpaired) electrons. The lowest BCUT2D eigenvalue weighted by Gasteiger charge is -2.39. The van der Waals surface area contributed by atoms with Gasteiger partial charge in [0.05, 0.1) is 5.60 Å². The molecule has 2 heteroatoms. The van der Waals surface area contributed by atoms with Crippen LogP contribution in [0.4, 0.5) is 0 Å². The fourth-order valence-corrected chi connectivity index (χ4v) is 3.90. The van der Waals surface area contributed by atoms with Crippen molar-refractivity contribution in [3.05, 3.63) is 0 Å². The Morgan fingerprint density at radius 3 is 2.30 bits per heavy atom. The largest absolute Gasteiger partial charge is 0.374 e. The lowest BCUT2D eigenvalue weighted by molar-refractivity contribution is -0.0664. The fourth-order valence-electron chi connectivity index (χ4n) is 3.90. The molecule has 120 valence electrons. The van der Waals surface area contributed by atoms with Gasteiger partial charge in [-0.1, -0.05) is 59.3 Å². The van der Waals surface area contributed by atoms with Crippen LogP contribution >= 0.6 is 0 Å². The molecule has 0 aromatic carbocycles. The Kier molecular flexibility index (Phi) is 8.79. The lowest BCUT2D eigenvalue weighted by atomic mass is 9.82. The van der Waals surface area contributed by atoms with Gasteiger partial charge in [-0.3, -0.25) is 0 Å². The van der Waals surface area contributed by atoms with Crippen molar-refractivity contribution >= 4 is 0 Å². The minimum atomic E-state index is 0.129. The Labute approximate surface area is 127 Å². The van der Waals surface area contributed by atoms with E-state index in [2.05, 4.69) is 33.0 Å². The topological polar surface area (TPSA) is 21.3 Å². The van der Waals surface area contributed by atoms with E-state index in [0.29, 0.717) is 6.04 Å². The number of ether oxygens (including phenoxy) is 1. The maximum Gasteiger partial charge on any atom is 0.0834 e. The minimum Gasteiger partial charge on any atom is -0.374 e. The minimum absolute atomic E-state index is 0.129. The average Bonchev–Trinajstić information content (AvgIpc) is 2.92. The number of hydrogen-bond acceptors (Lipinski definition) is 2. The van der Waals surface area contributed by atoms with Crippen LogP contribution in [-0.4, -0.2) is 24.8 Å². The third kappa shape index (κ3) is 5.04. The van der Waals surface area contributed by atoms with E-state index >= 15 is 0 Å². The molecular formula is C18H37NO. The van der Waals surface area contributed by atoms with Crippen LogP contribution in [0.3, 0.4) is 0 Å². The van der Waals surface area contributed by atoms with Crippen molar-refractivity contribution < 1.29 is 4.74 Å². The van der Waals surface area contributed by atoms with Crippen molar-refractivity contribution in [2.45, 2.75) is 97.1 Å². The molecule has 2 unspecified atom stereocenters. The van der Waals surface area contributed by atoms with Crippen molar-refractivity contribution in [3.63, 3.8) is 0 Å². The van der Waals surface area contributed by atoms with E-state index in [-0.39, 0.29) is 5.60 Å². The Hall–Kier alpha value is -0.0800. The van der Waals surface area contributed by atoms with Crippen molar-refractivity contribution in [1.82, 2.24) is 5.32 Å². The third-order valence-electron chi connectivity index (χ3n) is 5.08. The molecule has 1 aliphatic carbocycles. The highest BCUT2D eigenvalue weighted by molar-refractivity contribution is 4.97.